The molecule has 0 amide bonds. The first-order chi connectivity index (χ1) is 12.7. The Balaban J connectivity index is 2.13. The molecule has 1 fully saturated rings. The van der Waals surface area contributed by atoms with Gasteiger partial charge >= 0.3 is 5.76 Å². The number of rotatable bonds is 3. The normalized spacial score (nSPS) is 26.7. The lowest BCUT2D eigenvalue weighted by atomic mass is 9.85. The van der Waals surface area contributed by atoms with Crippen molar-refractivity contribution in [1.29, 1.82) is 5.26 Å². The molecule has 0 aliphatic carbocycles. The van der Waals surface area contributed by atoms with Crippen LogP contribution in [0.3, 0.4) is 0 Å². The number of nitrogens with zero attached hydrogens (tertiary/aromatic N) is 4. The molecule has 2 aliphatic heterocycles. The van der Waals surface area contributed by atoms with E-state index >= 15 is 0 Å². The van der Waals surface area contributed by atoms with Gasteiger partial charge in [0.15, 0.2) is 0 Å². The molecule has 3 rings (SSSR count). The van der Waals surface area contributed by atoms with Crippen LogP contribution < -0.4 is 4.74 Å². The highest BCUT2D eigenvalue weighted by Gasteiger charge is 2.48. The molecule has 1 aromatic carbocycles. The van der Waals surface area contributed by atoms with Crippen LogP contribution in [0.2, 0.25) is 0 Å². The molecule has 146 valence electrons. The fourth-order valence-corrected chi connectivity index (χ4v) is 4.10. The lowest BCUT2D eigenvalue weighted by Crippen LogP contribution is -2.54. The summed E-state index contributed by atoms with van der Waals surface area (Å²) in [5.41, 5.74) is -0.519. The lowest BCUT2D eigenvalue weighted by Gasteiger charge is -2.45. The van der Waals surface area contributed by atoms with Gasteiger partial charge in [-0.25, -0.2) is 4.21 Å². The number of aliphatic hydroxyl groups excluding tert-OH is 1. The second kappa shape index (κ2) is 7.05. The third-order valence-corrected chi connectivity index (χ3v) is 5.88. The van der Waals surface area contributed by atoms with Crippen LogP contribution in [0, 0.1) is 11.5 Å². The SMILES string of the molecule is CN1CCN([C@@H]2c3cc(S(=O)C(F)F)ccc3OC(C)(C)[C@H]2O)C1=NC#N. The van der Waals surface area contributed by atoms with Gasteiger partial charge in [-0.05, 0) is 32.0 Å². The van der Waals surface area contributed by atoms with Gasteiger partial charge in [-0.15, -0.1) is 4.99 Å². The van der Waals surface area contributed by atoms with Gasteiger partial charge in [0.25, 0.3) is 0 Å². The van der Waals surface area contributed by atoms with Crippen molar-refractivity contribution in [2.24, 2.45) is 4.99 Å². The number of halogens is 2. The maximum absolute atomic E-state index is 12.9. The number of guanidine groups is 1. The average molecular weight is 398 g/mol. The molecule has 0 spiro atoms. The van der Waals surface area contributed by atoms with Crippen molar-refractivity contribution in [3.63, 3.8) is 0 Å². The first-order valence-electron chi connectivity index (χ1n) is 8.31. The van der Waals surface area contributed by atoms with Crippen molar-refractivity contribution < 1.29 is 22.8 Å². The van der Waals surface area contributed by atoms with Crippen molar-refractivity contribution in [1.82, 2.24) is 9.80 Å². The molecular formula is C17H20F2N4O3S. The fourth-order valence-electron chi connectivity index (χ4n) is 3.45. The fraction of sp³-hybridized carbons (Fsp3) is 0.529. The van der Waals surface area contributed by atoms with E-state index in [1.165, 1.54) is 18.2 Å². The molecule has 1 N–H and O–H groups in total. The van der Waals surface area contributed by atoms with Crippen LogP contribution in [0.15, 0.2) is 28.1 Å². The Morgan fingerprint density at radius 3 is 2.78 bits per heavy atom. The Kier molecular flexibility index (Phi) is 5.10. The first kappa shape index (κ1) is 19.5. The molecule has 0 bridgehead atoms. The second-order valence-electron chi connectivity index (χ2n) is 6.98. The van der Waals surface area contributed by atoms with E-state index in [0.717, 1.165) is 0 Å². The van der Waals surface area contributed by atoms with Crippen LogP contribution in [0.25, 0.3) is 0 Å². The van der Waals surface area contributed by atoms with Gasteiger partial charge in [0.05, 0.1) is 6.04 Å². The molecule has 1 aromatic rings. The minimum Gasteiger partial charge on any atom is -0.485 e. The number of aliphatic hydroxyl groups is 1. The number of likely N-dealkylation sites (N-methyl/N-ethyl adjacent to an activating group) is 1. The van der Waals surface area contributed by atoms with E-state index in [1.807, 2.05) is 0 Å². The van der Waals surface area contributed by atoms with Gasteiger partial charge in [-0.2, -0.15) is 14.0 Å². The molecular weight excluding hydrogens is 378 g/mol. The molecule has 0 saturated carbocycles. The predicted molar refractivity (Wildman–Crippen MR) is 94.7 cm³/mol. The number of nitriles is 1. The van der Waals surface area contributed by atoms with Crippen LogP contribution in [-0.2, 0) is 10.8 Å². The Labute approximate surface area is 158 Å². The molecule has 3 atom stereocenters. The summed E-state index contributed by atoms with van der Waals surface area (Å²) in [4.78, 5) is 7.33. The van der Waals surface area contributed by atoms with Gasteiger partial charge in [0.1, 0.15) is 28.3 Å². The summed E-state index contributed by atoms with van der Waals surface area (Å²) in [5.74, 6) is -2.22. The zero-order chi connectivity index (χ0) is 19.9. The minimum absolute atomic E-state index is 0.0458. The highest BCUT2D eigenvalue weighted by Crippen LogP contribution is 2.44. The molecule has 7 nitrogen and oxygen atoms in total. The summed E-state index contributed by atoms with van der Waals surface area (Å²) in [7, 11) is -0.707. The maximum Gasteiger partial charge on any atom is 0.316 e. The van der Waals surface area contributed by atoms with Crippen LogP contribution in [0.5, 0.6) is 5.75 Å². The van der Waals surface area contributed by atoms with E-state index in [0.29, 0.717) is 30.4 Å². The number of aliphatic imine (C=N–C) groups is 1. The largest absolute Gasteiger partial charge is 0.485 e. The molecule has 1 unspecified atom stereocenters. The molecule has 0 aromatic heterocycles. The van der Waals surface area contributed by atoms with E-state index in [1.54, 1.807) is 36.9 Å². The summed E-state index contributed by atoms with van der Waals surface area (Å²) in [6.45, 7) is 4.51. The topological polar surface area (TPSA) is 89.2 Å². The van der Waals surface area contributed by atoms with Crippen LogP contribution in [-0.4, -0.2) is 62.7 Å². The van der Waals surface area contributed by atoms with Gasteiger partial charge in [0, 0.05) is 30.6 Å². The van der Waals surface area contributed by atoms with Crippen molar-refractivity contribution >= 4 is 16.8 Å². The Morgan fingerprint density at radius 2 is 2.15 bits per heavy atom. The molecule has 27 heavy (non-hydrogen) atoms. The lowest BCUT2D eigenvalue weighted by molar-refractivity contribution is -0.0802. The van der Waals surface area contributed by atoms with Gasteiger partial charge in [-0.1, -0.05) is 0 Å². The number of hydrogen-bond acceptors (Lipinski definition) is 5. The zero-order valence-corrected chi connectivity index (χ0v) is 15.9. The summed E-state index contributed by atoms with van der Waals surface area (Å²) in [6, 6.07) is 3.53. The van der Waals surface area contributed by atoms with Crippen LogP contribution >= 0.6 is 0 Å². The molecule has 10 heteroatoms. The third-order valence-electron chi connectivity index (χ3n) is 4.84. The van der Waals surface area contributed by atoms with Crippen LogP contribution in [0.4, 0.5) is 8.78 Å². The predicted octanol–water partition coefficient (Wildman–Crippen LogP) is 1.67. The minimum atomic E-state index is -3.01. The summed E-state index contributed by atoms with van der Waals surface area (Å²) >= 11 is 0. The highest BCUT2D eigenvalue weighted by atomic mass is 32.2. The number of alkyl halides is 2. The maximum atomic E-state index is 12.9. The Bertz CT molecular complexity index is 840. The standard InChI is InChI=1S/C17H20F2N4O3S/c1-17(2)14(24)13(23-7-6-22(3)16(23)21-9-20)11-8-10(27(25)15(18)19)4-5-12(11)26-17/h4-5,8,13-15,24H,6-7H2,1-3H3/t13-,14+,27?/m1/s1. The number of ether oxygens (including phenoxy) is 1. The number of benzene rings is 1. The highest BCUT2D eigenvalue weighted by molar-refractivity contribution is 7.85. The Hall–Kier alpha value is -2.25. The summed E-state index contributed by atoms with van der Waals surface area (Å²) in [5, 5.41) is 20.0. The molecule has 1 saturated heterocycles. The van der Waals surface area contributed by atoms with Gasteiger partial charge in [-0.3, -0.25) is 0 Å². The van der Waals surface area contributed by atoms with Crippen molar-refractivity contribution in [2.45, 2.75) is 42.2 Å². The van der Waals surface area contributed by atoms with Crippen molar-refractivity contribution in [3.8, 4) is 11.9 Å². The zero-order valence-electron chi connectivity index (χ0n) is 15.1. The third kappa shape index (κ3) is 3.37. The van der Waals surface area contributed by atoms with Crippen LogP contribution in [0.1, 0.15) is 25.5 Å². The van der Waals surface area contributed by atoms with E-state index in [2.05, 4.69) is 4.99 Å². The number of fused-ring (bicyclic) bond motifs is 1. The van der Waals surface area contributed by atoms with Crippen molar-refractivity contribution in [2.75, 3.05) is 20.1 Å². The first-order valence-corrected chi connectivity index (χ1v) is 9.53. The van der Waals surface area contributed by atoms with E-state index < -0.39 is 34.3 Å². The molecule has 0 radical (unpaired) electrons. The summed E-state index contributed by atoms with van der Waals surface area (Å²) in [6.07, 6.45) is 0.725. The monoisotopic (exact) mass is 398 g/mol. The quantitative estimate of drug-likeness (QED) is 0.780. The van der Waals surface area contributed by atoms with Crippen molar-refractivity contribution in [3.05, 3.63) is 23.8 Å². The smallest absolute Gasteiger partial charge is 0.316 e. The number of hydrogen-bond donors (Lipinski definition) is 1. The summed E-state index contributed by atoms with van der Waals surface area (Å²) < 4.78 is 43.5. The van der Waals surface area contributed by atoms with E-state index in [9.17, 15) is 18.1 Å². The molecule has 2 aliphatic rings. The van der Waals surface area contributed by atoms with E-state index in [-0.39, 0.29) is 4.90 Å². The molecule has 2 heterocycles. The van der Waals surface area contributed by atoms with E-state index in [4.69, 9.17) is 10.00 Å². The van der Waals surface area contributed by atoms with Gasteiger partial charge in [0.2, 0.25) is 12.2 Å². The average Bonchev–Trinajstić information content (AvgIpc) is 2.96. The Morgan fingerprint density at radius 1 is 1.44 bits per heavy atom. The second-order valence-corrected chi connectivity index (χ2v) is 8.40. The van der Waals surface area contributed by atoms with Gasteiger partial charge < -0.3 is 19.6 Å².